The number of amides is 2. The third kappa shape index (κ3) is 5.62. The lowest BCUT2D eigenvalue weighted by atomic mass is 10.1. The van der Waals surface area contributed by atoms with Crippen molar-refractivity contribution in [1.82, 2.24) is 5.01 Å². The third-order valence-corrected chi connectivity index (χ3v) is 4.94. The molecule has 9 heteroatoms. The van der Waals surface area contributed by atoms with Gasteiger partial charge in [0, 0.05) is 17.8 Å². The van der Waals surface area contributed by atoms with Crippen molar-refractivity contribution in [2.45, 2.75) is 26.3 Å². The molecule has 0 spiro atoms. The molecule has 0 saturated heterocycles. The fourth-order valence-electron chi connectivity index (χ4n) is 3.40. The molecule has 2 N–H and O–H groups in total. The van der Waals surface area contributed by atoms with Gasteiger partial charge in [-0.3, -0.25) is 10.1 Å². The van der Waals surface area contributed by atoms with Gasteiger partial charge in [0.15, 0.2) is 0 Å². The first-order valence-corrected chi connectivity index (χ1v) is 10.7. The van der Waals surface area contributed by atoms with Crippen molar-refractivity contribution in [2.75, 3.05) is 23.8 Å². The third-order valence-electron chi connectivity index (χ3n) is 4.94. The van der Waals surface area contributed by atoms with Crippen LogP contribution in [0.1, 0.15) is 37.8 Å². The lowest BCUT2D eigenvalue weighted by molar-refractivity contribution is -0.131. The van der Waals surface area contributed by atoms with Gasteiger partial charge < -0.3 is 18.9 Å². The number of carbonyl (C=O) groups excluding carboxylic acids is 2. The molecule has 0 saturated carbocycles. The number of hydrogen-bond acceptors (Lipinski definition) is 7. The predicted octanol–water partition coefficient (Wildman–Crippen LogP) is 4.87. The van der Waals surface area contributed by atoms with E-state index in [1.54, 1.807) is 42.9 Å². The van der Waals surface area contributed by atoms with Gasteiger partial charge in [-0.15, -0.1) is 0 Å². The van der Waals surface area contributed by atoms with E-state index >= 15 is 0 Å². The van der Waals surface area contributed by atoms with Crippen LogP contribution in [0.25, 0.3) is 0 Å². The summed E-state index contributed by atoms with van der Waals surface area (Å²) in [6.45, 7) is 4.28. The molecular weight excluding hydrogens is 424 g/mol. The van der Waals surface area contributed by atoms with Gasteiger partial charge in [0.25, 0.3) is 5.91 Å². The SMILES string of the molecule is CC(C)COC(=O)Nc1cccc(NCC(=O)N2N=C(c3ccco3)CC2c2ccco2)c1. The predicted molar refractivity (Wildman–Crippen MR) is 123 cm³/mol. The van der Waals surface area contributed by atoms with E-state index in [4.69, 9.17) is 13.6 Å². The zero-order chi connectivity index (χ0) is 23.2. The van der Waals surface area contributed by atoms with Crippen molar-refractivity contribution in [3.05, 3.63) is 72.6 Å². The number of hydrazone groups is 1. The Morgan fingerprint density at radius 3 is 2.64 bits per heavy atom. The molecule has 0 bridgehead atoms. The number of hydrogen-bond donors (Lipinski definition) is 2. The number of ether oxygens (including phenoxy) is 1. The molecule has 3 aromatic rings. The Morgan fingerprint density at radius 2 is 1.91 bits per heavy atom. The van der Waals surface area contributed by atoms with E-state index in [1.807, 2.05) is 32.0 Å². The standard InChI is InChI=1S/C24H26N4O5/c1-16(2)15-33-24(30)26-18-7-3-6-17(12-18)25-14-23(29)28-20(22-9-5-11-32-22)13-19(27-28)21-8-4-10-31-21/h3-12,16,20,25H,13-15H2,1-2H3,(H,26,30). The highest BCUT2D eigenvalue weighted by Crippen LogP contribution is 2.33. The largest absolute Gasteiger partial charge is 0.467 e. The average Bonchev–Trinajstić information content (AvgIpc) is 3.56. The van der Waals surface area contributed by atoms with Crippen LogP contribution in [0.2, 0.25) is 0 Å². The van der Waals surface area contributed by atoms with Gasteiger partial charge >= 0.3 is 6.09 Å². The fraction of sp³-hybridized carbons (Fsp3) is 0.292. The highest BCUT2D eigenvalue weighted by molar-refractivity contribution is 6.01. The summed E-state index contributed by atoms with van der Waals surface area (Å²) in [5, 5.41) is 11.7. The Bertz CT molecular complexity index is 1110. The summed E-state index contributed by atoms with van der Waals surface area (Å²) >= 11 is 0. The molecule has 0 aliphatic carbocycles. The van der Waals surface area contributed by atoms with Crippen LogP contribution < -0.4 is 10.6 Å². The maximum atomic E-state index is 13.0. The highest BCUT2D eigenvalue weighted by Gasteiger charge is 2.35. The molecule has 0 radical (unpaired) electrons. The van der Waals surface area contributed by atoms with E-state index in [9.17, 15) is 9.59 Å². The minimum atomic E-state index is -0.518. The summed E-state index contributed by atoms with van der Waals surface area (Å²) < 4.78 is 16.1. The second kappa shape index (κ2) is 10.1. The van der Waals surface area contributed by atoms with E-state index in [0.717, 1.165) is 0 Å². The number of benzene rings is 1. The molecule has 0 fully saturated rings. The Balaban J connectivity index is 1.40. The molecule has 3 heterocycles. The van der Waals surface area contributed by atoms with Crippen molar-refractivity contribution in [3.8, 4) is 0 Å². The van der Waals surface area contributed by atoms with Gasteiger partial charge in [-0.25, -0.2) is 9.80 Å². The van der Waals surface area contributed by atoms with E-state index in [0.29, 0.717) is 41.6 Å². The van der Waals surface area contributed by atoms with E-state index < -0.39 is 6.09 Å². The van der Waals surface area contributed by atoms with Crippen LogP contribution in [-0.2, 0) is 9.53 Å². The molecule has 2 aromatic heterocycles. The number of carbonyl (C=O) groups is 2. The molecule has 1 aliphatic rings. The van der Waals surface area contributed by atoms with Crippen molar-refractivity contribution >= 4 is 29.1 Å². The molecular formula is C24H26N4O5. The second-order valence-electron chi connectivity index (χ2n) is 8.05. The quantitative estimate of drug-likeness (QED) is 0.507. The molecule has 1 unspecified atom stereocenters. The molecule has 4 rings (SSSR count). The van der Waals surface area contributed by atoms with E-state index in [2.05, 4.69) is 15.7 Å². The van der Waals surface area contributed by atoms with E-state index in [1.165, 1.54) is 5.01 Å². The summed E-state index contributed by atoms with van der Waals surface area (Å²) in [7, 11) is 0. The summed E-state index contributed by atoms with van der Waals surface area (Å²) in [5.41, 5.74) is 1.92. The first-order valence-electron chi connectivity index (χ1n) is 10.7. The number of nitrogens with one attached hydrogen (secondary N) is 2. The topological polar surface area (TPSA) is 109 Å². The van der Waals surface area contributed by atoms with Crippen LogP contribution in [0, 0.1) is 5.92 Å². The van der Waals surface area contributed by atoms with Crippen LogP contribution in [0.5, 0.6) is 0 Å². The molecule has 9 nitrogen and oxygen atoms in total. The number of nitrogens with zero attached hydrogens (tertiary/aromatic N) is 2. The van der Waals surface area contributed by atoms with Crippen molar-refractivity contribution in [1.29, 1.82) is 0 Å². The number of furan rings is 2. The first-order chi connectivity index (χ1) is 16.0. The lowest BCUT2D eigenvalue weighted by Crippen LogP contribution is -2.32. The Labute approximate surface area is 191 Å². The summed E-state index contributed by atoms with van der Waals surface area (Å²) in [6, 6.07) is 13.9. The van der Waals surface area contributed by atoms with Crippen LogP contribution in [-0.4, -0.2) is 35.9 Å². The zero-order valence-electron chi connectivity index (χ0n) is 18.5. The molecule has 172 valence electrons. The lowest BCUT2D eigenvalue weighted by Gasteiger charge is -2.20. The van der Waals surface area contributed by atoms with Gasteiger partial charge in [0.1, 0.15) is 23.3 Å². The van der Waals surface area contributed by atoms with Crippen molar-refractivity contribution in [3.63, 3.8) is 0 Å². The Kier molecular flexibility index (Phi) is 6.77. The average molecular weight is 450 g/mol. The number of rotatable bonds is 8. The smallest absolute Gasteiger partial charge is 0.411 e. The molecule has 2 amide bonds. The minimum Gasteiger partial charge on any atom is -0.467 e. The molecule has 1 aromatic carbocycles. The molecule has 1 aliphatic heterocycles. The summed E-state index contributed by atoms with van der Waals surface area (Å²) in [4.78, 5) is 24.9. The summed E-state index contributed by atoms with van der Waals surface area (Å²) in [6.07, 6.45) is 3.12. The van der Waals surface area contributed by atoms with Gasteiger partial charge in [-0.2, -0.15) is 5.10 Å². The molecule has 33 heavy (non-hydrogen) atoms. The minimum absolute atomic E-state index is 0.00733. The maximum absolute atomic E-state index is 13.0. The highest BCUT2D eigenvalue weighted by atomic mass is 16.5. The maximum Gasteiger partial charge on any atom is 0.411 e. The van der Waals surface area contributed by atoms with Crippen LogP contribution in [0.15, 0.2) is 75.0 Å². The van der Waals surface area contributed by atoms with Crippen molar-refractivity contribution < 1.29 is 23.2 Å². The second-order valence-corrected chi connectivity index (χ2v) is 8.05. The van der Waals surface area contributed by atoms with Crippen LogP contribution in [0.3, 0.4) is 0 Å². The fourth-order valence-corrected chi connectivity index (χ4v) is 3.40. The Hall–Kier alpha value is -4.01. The van der Waals surface area contributed by atoms with Crippen molar-refractivity contribution in [2.24, 2.45) is 11.0 Å². The zero-order valence-corrected chi connectivity index (χ0v) is 18.5. The summed E-state index contributed by atoms with van der Waals surface area (Å²) in [5.74, 6) is 1.30. The first kappa shape index (κ1) is 22.2. The normalized spacial score (nSPS) is 15.4. The van der Waals surface area contributed by atoms with Gasteiger partial charge in [0.2, 0.25) is 0 Å². The van der Waals surface area contributed by atoms with Gasteiger partial charge in [-0.1, -0.05) is 19.9 Å². The van der Waals surface area contributed by atoms with Gasteiger partial charge in [0.05, 0.1) is 25.7 Å². The molecule has 1 atom stereocenters. The van der Waals surface area contributed by atoms with Crippen LogP contribution >= 0.6 is 0 Å². The van der Waals surface area contributed by atoms with Gasteiger partial charge in [-0.05, 0) is 48.4 Å². The van der Waals surface area contributed by atoms with E-state index in [-0.39, 0.29) is 24.4 Å². The monoisotopic (exact) mass is 450 g/mol. The van der Waals surface area contributed by atoms with Crippen LogP contribution in [0.4, 0.5) is 16.2 Å². The Morgan fingerprint density at radius 1 is 1.12 bits per heavy atom. The number of anilines is 2.